The lowest BCUT2D eigenvalue weighted by molar-refractivity contribution is 1.18. The van der Waals surface area contributed by atoms with Crippen LogP contribution in [0.15, 0.2) is 59.5 Å². The molecule has 2 rings (SSSR count). The zero-order valence-electron chi connectivity index (χ0n) is 7.85. The van der Waals surface area contributed by atoms with Gasteiger partial charge < -0.3 is 0 Å². The van der Waals surface area contributed by atoms with Crippen LogP contribution in [0.1, 0.15) is 11.1 Å². The van der Waals surface area contributed by atoms with Crippen LogP contribution in [0, 0.1) is 0 Å². The van der Waals surface area contributed by atoms with Gasteiger partial charge in [-0.2, -0.15) is 0 Å². The number of thiol groups is 1. The van der Waals surface area contributed by atoms with Gasteiger partial charge in [0.15, 0.2) is 0 Å². The quantitative estimate of drug-likeness (QED) is 0.704. The molecule has 0 nitrogen and oxygen atoms in total. The minimum absolute atomic E-state index is 0.995. The minimum atomic E-state index is 0.995. The Hall–Kier alpha value is -1.21. The van der Waals surface area contributed by atoms with Crippen LogP contribution >= 0.6 is 12.6 Å². The van der Waals surface area contributed by atoms with Gasteiger partial charge in [-0.15, -0.1) is 12.6 Å². The van der Waals surface area contributed by atoms with Crippen molar-refractivity contribution in [2.75, 3.05) is 0 Å². The first kappa shape index (κ1) is 9.35. The third-order valence-electron chi connectivity index (χ3n) is 2.19. The number of hydrogen-bond donors (Lipinski definition) is 1. The van der Waals surface area contributed by atoms with E-state index in [1.54, 1.807) is 0 Å². The number of benzene rings is 2. The second kappa shape index (κ2) is 4.34. The summed E-state index contributed by atoms with van der Waals surface area (Å²) < 4.78 is 0. The molecule has 0 fully saturated rings. The lowest BCUT2D eigenvalue weighted by atomic mass is 10.1. The van der Waals surface area contributed by atoms with Crippen LogP contribution in [0.25, 0.3) is 0 Å². The highest BCUT2D eigenvalue weighted by Crippen LogP contribution is 2.12. The van der Waals surface area contributed by atoms with E-state index in [9.17, 15) is 0 Å². The highest BCUT2D eigenvalue weighted by Gasteiger charge is 1.94. The van der Waals surface area contributed by atoms with E-state index < -0.39 is 0 Å². The molecule has 1 heteroatoms. The third-order valence-corrected chi connectivity index (χ3v) is 2.49. The van der Waals surface area contributed by atoms with Crippen molar-refractivity contribution >= 4 is 12.6 Å². The van der Waals surface area contributed by atoms with Crippen molar-refractivity contribution in [3.8, 4) is 0 Å². The summed E-state index contributed by atoms with van der Waals surface area (Å²) in [5.74, 6) is 0. The molecule has 0 N–H and O–H groups in total. The Labute approximate surface area is 90.0 Å². The van der Waals surface area contributed by atoms with Crippen molar-refractivity contribution in [1.29, 1.82) is 0 Å². The molecule has 2 aromatic carbocycles. The van der Waals surface area contributed by atoms with Gasteiger partial charge in [-0.05, 0) is 29.7 Å². The second-order valence-electron chi connectivity index (χ2n) is 3.33. The third kappa shape index (κ3) is 2.39. The first-order valence-electron chi connectivity index (χ1n) is 4.66. The van der Waals surface area contributed by atoms with E-state index in [1.807, 2.05) is 18.2 Å². The molecule has 0 heterocycles. The molecule has 0 saturated heterocycles. The van der Waals surface area contributed by atoms with Crippen LogP contribution in [0.5, 0.6) is 0 Å². The van der Waals surface area contributed by atoms with E-state index >= 15 is 0 Å². The molecule has 0 radical (unpaired) electrons. The summed E-state index contributed by atoms with van der Waals surface area (Å²) in [7, 11) is 0. The molecule has 0 aliphatic heterocycles. The summed E-state index contributed by atoms with van der Waals surface area (Å²) >= 11 is 4.26. The van der Waals surface area contributed by atoms with E-state index in [0.717, 1.165) is 11.3 Å². The van der Waals surface area contributed by atoms with Crippen LogP contribution in [-0.2, 0) is 6.42 Å². The molecule has 0 bridgehead atoms. The molecule has 70 valence electrons. The Balaban J connectivity index is 2.16. The van der Waals surface area contributed by atoms with Crippen molar-refractivity contribution in [3.63, 3.8) is 0 Å². The van der Waals surface area contributed by atoms with Crippen molar-refractivity contribution in [2.45, 2.75) is 11.3 Å². The van der Waals surface area contributed by atoms with Gasteiger partial charge in [0.05, 0.1) is 0 Å². The topological polar surface area (TPSA) is 0 Å². The van der Waals surface area contributed by atoms with Gasteiger partial charge in [-0.3, -0.25) is 0 Å². The van der Waals surface area contributed by atoms with Crippen molar-refractivity contribution in [3.05, 3.63) is 65.7 Å². The molecule has 0 aliphatic carbocycles. The van der Waals surface area contributed by atoms with Gasteiger partial charge in [0.2, 0.25) is 0 Å². The highest BCUT2D eigenvalue weighted by atomic mass is 32.1. The van der Waals surface area contributed by atoms with Gasteiger partial charge in [-0.25, -0.2) is 0 Å². The molecular weight excluding hydrogens is 188 g/mol. The molecule has 0 spiro atoms. The number of hydrogen-bond acceptors (Lipinski definition) is 1. The Morgan fingerprint density at radius 3 is 1.93 bits per heavy atom. The predicted molar refractivity (Wildman–Crippen MR) is 62.9 cm³/mol. The Morgan fingerprint density at radius 1 is 0.714 bits per heavy atom. The van der Waals surface area contributed by atoms with E-state index in [1.165, 1.54) is 11.1 Å². The van der Waals surface area contributed by atoms with Gasteiger partial charge in [-0.1, -0.05) is 42.5 Å². The second-order valence-corrected chi connectivity index (χ2v) is 3.85. The molecular formula is C13H12S. The average Bonchev–Trinajstić information content (AvgIpc) is 2.23. The SMILES string of the molecule is Sc1ccc(Cc2ccccc2)cc1. The van der Waals surface area contributed by atoms with Gasteiger partial charge in [0, 0.05) is 4.90 Å². The summed E-state index contributed by atoms with van der Waals surface area (Å²) in [6, 6.07) is 18.8. The Bertz CT molecular complexity index is 389. The van der Waals surface area contributed by atoms with Gasteiger partial charge in [0.1, 0.15) is 0 Å². The normalized spacial score (nSPS) is 10.1. The first-order valence-corrected chi connectivity index (χ1v) is 5.11. The molecule has 0 unspecified atom stereocenters. The molecule has 14 heavy (non-hydrogen) atoms. The van der Waals surface area contributed by atoms with Crippen LogP contribution in [0.4, 0.5) is 0 Å². The standard InChI is InChI=1S/C13H12S/c14-13-8-6-12(7-9-13)10-11-4-2-1-3-5-11/h1-9,14H,10H2. The van der Waals surface area contributed by atoms with Crippen LogP contribution in [0.3, 0.4) is 0 Å². The Kier molecular flexibility index (Phi) is 2.90. The van der Waals surface area contributed by atoms with E-state index in [-0.39, 0.29) is 0 Å². The summed E-state index contributed by atoms with van der Waals surface area (Å²) in [4.78, 5) is 1.02. The maximum atomic E-state index is 4.26. The lowest BCUT2D eigenvalue weighted by Gasteiger charge is -2.01. The fraction of sp³-hybridized carbons (Fsp3) is 0.0769. The maximum absolute atomic E-state index is 4.26. The Morgan fingerprint density at radius 2 is 1.29 bits per heavy atom. The zero-order chi connectivity index (χ0) is 9.80. The monoisotopic (exact) mass is 200 g/mol. The summed E-state index contributed by atoms with van der Waals surface area (Å²) in [5, 5.41) is 0. The smallest absolute Gasteiger partial charge is 0.00401 e. The van der Waals surface area contributed by atoms with Crippen LogP contribution < -0.4 is 0 Å². The minimum Gasteiger partial charge on any atom is -0.143 e. The lowest BCUT2D eigenvalue weighted by Crippen LogP contribution is -1.86. The number of rotatable bonds is 2. The predicted octanol–water partition coefficient (Wildman–Crippen LogP) is 3.57. The maximum Gasteiger partial charge on any atom is 0.00401 e. The summed E-state index contributed by atoms with van der Waals surface area (Å²) in [6.07, 6.45) is 0.995. The summed E-state index contributed by atoms with van der Waals surface area (Å²) in [5.41, 5.74) is 2.67. The fourth-order valence-corrected chi connectivity index (χ4v) is 1.59. The van der Waals surface area contributed by atoms with Crippen molar-refractivity contribution < 1.29 is 0 Å². The van der Waals surface area contributed by atoms with Gasteiger partial charge in [0.25, 0.3) is 0 Å². The molecule has 0 aliphatic rings. The zero-order valence-corrected chi connectivity index (χ0v) is 8.74. The van der Waals surface area contributed by atoms with Crippen molar-refractivity contribution in [1.82, 2.24) is 0 Å². The van der Waals surface area contributed by atoms with Gasteiger partial charge >= 0.3 is 0 Å². The van der Waals surface area contributed by atoms with Crippen LogP contribution in [-0.4, -0.2) is 0 Å². The average molecular weight is 200 g/mol. The molecule has 0 atom stereocenters. The molecule has 0 saturated carbocycles. The van der Waals surface area contributed by atoms with E-state index in [4.69, 9.17) is 0 Å². The summed E-state index contributed by atoms with van der Waals surface area (Å²) in [6.45, 7) is 0. The fourth-order valence-electron chi connectivity index (χ4n) is 1.45. The van der Waals surface area contributed by atoms with Crippen molar-refractivity contribution in [2.24, 2.45) is 0 Å². The first-order chi connectivity index (χ1) is 6.84. The molecule has 0 amide bonds. The van der Waals surface area contributed by atoms with Crippen LogP contribution in [0.2, 0.25) is 0 Å². The van der Waals surface area contributed by atoms with E-state index in [0.29, 0.717) is 0 Å². The highest BCUT2D eigenvalue weighted by molar-refractivity contribution is 7.80. The molecule has 2 aromatic rings. The van der Waals surface area contributed by atoms with E-state index in [2.05, 4.69) is 49.0 Å². The molecule has 0 aromatic heterocycles. The largest absolute Gasteiger partial charge is 0.143 e.